The van der Waals surface area contributed by atoms with Crippen LogP contribution in [0, 0.1) is 5.41 Å². The van der Waals surface area contributed by atoms with Gasteiger partial charge in [0.2, 0.25) is 0 Å². The summed E-state index contributed by atoms with van der Waals surface area (Å²) in [6.45, 7) is 5.75. The highest BCUT2D eigenvalue weighted by Crippen LogP contribution is 2.40. The van der Waals surface area contributed by atoms with Gasteiger partial charge in [-0.05, 0) is 17.8 Å². The van der Waals surface area contributed by atoms with Crippen LogP contribution in [-0.4, -0.2) is 11.3 Å². The Bertz CT molecular complexity index is 311. The molecule has 5 heteroatoms. The molecule has 0 aliphatic rings. The minimum atomic E-state index is -4.11. The molecule has 0 aliphatic heterocycles. The summed E-state index contributed by atoms with van der Waals surface area (Å²) in [5.74, 6) is -0.194. The van der Waals surface area contributed by atoms with E-state index in [9.17, 15) is 13.2 Å². The SMILES string of the molecule is CC(C)(C)C(CCC(F)(F)F)c1cnoc1. The van der Waals surface area contributed by atoms with Crippen molar-refractivity contribution in [1.82, 2.24) is 5.16 Å². The van der Waals surface area contributed by atoms with Gasteiger partial charge in [-0.3, -0.25) is 0 Å². The third-order valence-corrected chi connectivity index (χ3v) is 2.62. The van der Waals surface area contributed by atoms with Gasteiger partial charge in [0, 0.05) is 12.0 Å². The normalized spacial score (nSPS) is 15.1. The van der Waals surface area contributed by atoms with Crippen LogP contribution in [-0.2, 0) is 0 Å². The number of aromatic nitrogens is 1. The molecule has 2 nitrogen and oxygen atoms in total. The van der Waals surface area contributed by atoms with E-state index in [2.05, 4.69) is 5.16 Å². The third-order valence-electron chi connectivity index (χ3n) is 2.62. The summed E-state index contributed by atoms with van der Waals surface area (Å²) in [5.41, 5.74) is 0.494. The van der Waals surface area contributed by atoms with Crippen LogP contribution in [0.4, 0.5) is 13.2 Å². The summed E-state index contributed by atoms with van der Waals surface area (Å²) >= 11 is 0. The highest BCUT2D eigenvalue weighted by atomic mass is 19.4. The Kier molecular flexibility index (Phi) is 3.65. The summed E-state index contributed by atoms with van der Waals surface area (Å²) in [6, 6.07) is 0. The average molecular weight is 235 g/mol. The fourth-order valence-electron chi connectivity index (χ4n) is 1.79. The van der Waals surface area contributed by atoms with Crippen LogP contribution in [0.2, 0.25) is 0 Å². The lowest BCUT2D eigenvalue weighted by molar-refractivity contribution is -0.137. The first-order chi connectivity index (χ1) is 7.20. The van der Waals surface area contributed by atoms with Crippen molar-refractivity contribution in [3.8, 4) is 0 Å². The summed E-state index contributed by atoms with van der Waals surface area (Å²) in [4.78, 5) is 0. The monoisotopic (exact) mass is 235 g/mol. The molecule has 0 saturated heterocycles. The molecule has 0 radical (unpaired) electrons. The van der Waals surface area contributed by atoms with E-state index >= 15 is 0 Å². The third kappa shape index (κ3) is 3.87. The molecule has 0 aromatic carbocycles. The quantitative estimate of drug-likeness (QED) is 0.786. The molecule has 0 fully saturated rings. The second kappa shape index (κ2) is 4.47. The van der Waals surface area contributed by atoms with E-state index in [1.165, 1.54) is 12.5 Å². The molecular formula is C11H16F3NO. The van der Waals surface area contributed by atoms with E-state index in [0.29, 0.717) is 0 Å². The Morgan fingerprint density at radius 1 is 1.31 bits per heavy atom. The van der Waals surface area contributed by atoms with Crippen LogP contribution in [0.1, 0.15) is 45.1 Å². The molecule has 1 aromatic rings. The Hall–Kier alpha value is -1.00. The molecule has 16 heavy (non-hydrogen) atoms. The van der Waals surface area contributed by atoms with Crippen LogP contribution in [0.3, 0.4) is 0 Å². The maximum atomic E-state index is 12.2. The average Bonchev–Trinajstić information content (AvgIpc) is 2.52. The minimum absolute atomic E-state index is 0.0637. The van der Waals surface area contributed by atoms with Gasteiger partial charge in [-0.2, -0.15) is 13.2 Å². The maximum Gasteiger partial charge on any atom is 0.389 e. The van der Waals surface area contributed by atoms with Crippen molar-refractivity contribution in [1.29, 1.82) is 0 Å². The molecule has 0 N–H and O–H groups in total. The Balaban J connectivity index is 2.75. The fourth-order valence-corrected chi connectivity index (χ4v) is 1.79. The second-order valence-electron chi connectivity index (χ2n) is 5.03. The van der Waals surface area contributed by atoms with Crippen LogP contribution in [0.25, 0.3) is 0 Å². The van der Waals surface area contributed by atoms with Crippen molar-refractivity contribution in [3.05, 3.63) is 18.0 Å². The zero-order chi connectivity index (χ0) is 12.4. The molecule has 1 aromatic heterocycles. The van der Waals surface area contributed by atoms with Gasteiger partial charge in [0.15, 0.2) is 0 Å². The smallest absolute Gasteiger partial charge is 0.364 e. The van der Waals surface area contributed by atoms with Gasteiger partial charge < -0.3 is 4.52 Å². The Morgan fingerprint density at radius 2 is 1.94 bits per heavy atom. The number of rotatable bonds is 3. The largest absolute Gasteiger partial charge is 0.389 e. The molecule has 0 amide bonds. The highest BCUT2D eigenvalue weighted by molar-refractivity contribution is 5.12. The molecule has 1 rings (SSSR count). The summed E-state index contributed by atoms with van der Waals surface area (Å²) in [7, 11) is 0. The predicted molar refractivity (Wildman–Crippen MR) is 54.0 cm³/mol. The lowest BCUT2D eigenvalue weighted by Crippen LogP contribution is -2.20. The number of nitrogens with zero attached hydrogens (tertiary/aromatic N) is 1. The molecule has 92 valence electrons. The van der Waals surface area contributed by atoms with E-state index in [0.717, 1.165) is 5.56 Å². The highest BCUT2D eigenvalue weighted by Gasteiger charge is 2.33. The molecule has 0 aliphatic carbocycles. The van der Waals surface area contributed by atoms with Crippen molar-refractivity contribution < 1.29 is 17.7 Å². The van der Waals surface area contributed by atoms with Gasteiger partial charge in [0.05, 0.1) is 6.20 Å². The zero-order valence-corrected chi connectivity index (χ0v) is 9.64. The van der Waals surface area contributed by atoms with E-state index in [4.69, 9.17) is 4.52 Å². The number of alkyl halides is 3. The van der Waals surface area contributed by atoms with Crippen molar-refractivity contribution in [2.45, 2.75) is 45.7 Å². The van der Waals surface area contributed by atoms with E-state index in [-0.39, 0.29) is 17.8 Å². The number of hydrogen-bond acceptors (Lipinski definition) is 2. The van der Waals surface area contributed by atoms with E-state index in [1.807, 2.05) is 20.8 Å². The van der Waals surface area contributed by atoms with Crippen molar-refractivity contribution in [2.75, 3.05) is 0 Å². The van der Waals surface area contributed by atoms with Crippen LogP contribution >= 0.6 is 0 Å². The molecule has 1 unspecified atom stereocenters. The maximum absolute atomic E-state index is 12.2. The van der Waals surface area contributed by atoms with Gasteiger partial charge in [-0.25, -0.2) is 0 Å². The van der Waals surface area contributed by atoms with Gasteiger partial charge in [-0.1, -0.05) is 25.9 Å². The summed E-state index contributed by atoms with van der Waals surface area (Å²) in [6.07, 6.45) is -1.91. The van der Waals surface area contributed by atoms with E-state index < -0.39 is 12.6 Å². The topological polar surface area (TPSA) is 26.0 Å². The summed E-state index contributed by atoms with van der Waals surface area (Å²) < 4.78 is 41.3. The number of hydrogen-bond donors (Lipinski definition) is 0. The van der Waals surface area contributed by atoms with Crippen molar-refractivity contribution >= 4 is 0 Å². The minimum Gasteiger partial charge on any atom is -0.364 e. The van der Waals surface area contributed by atoms with Crippen LogP contribution < -0.4 is 0 Å². The van der Waals surface area contributed by atoms with Crippen LogP contribution in [0.15, 0.2) is 17.0 Å². The van der Waals surface area contributed by atoms with E-state index in [1.54, 1.807) is 0 Å². The molecule has 0 saturated carbocycles. The van der Waals surface area contributed by atoms with Gasteiger partial charge in [-0.15, -0.1) is 0 Å². The first kappa shape index (κ1) is 13.1. The first-order valence-corrected chi connectivity index (χ1v) is 5.16. The second-order valence-corrected chi connectivity index (χ2v) is 5.03. The van der Waals surface area contributed by atoms with Gasteiger partial charge in [0.1, 0.15) is 6.26 Å². The molecule has 0 spiro atoms. The molecule has 1 atom stereocenters. The fraction of sp³-hybridized carbons (Fsp3) is 0.727. The Labute approximate surface area is 92.8 Å². The van der Waals surface area contributed by atoms with Crippen LogP contribution in [0.5, 0.6) is 0 Å². The molecule has 0 bridgehead atoms. The number of halogens is 3. The Morgan fingerprint density at radius 3 is 2.31 bits per heavy atom. The lowest BCUT2D eigenvalue weighted by atomic mass is 9.75. The first-order valence-electron chi connectivity index (χ1n) is 5.16. The van der Waals surface area contributed by atoms with Gasteiger partial charge >= 0.3 is 6.18 Å². The van der Waals surface area contributed by atoms with Crippen molar-refractivity contribution in [3.63, 3.8) is 0 Å². The molecule has 1 heterocycles. The molecular weight excluding hydrogens is 219 g/mol. The lowest BCUT2D eigenvalue weighted by Gasteiger charge is -2.29. The standard InChI is InChI=1S/C11H16F3NO/c1-10(2,3)9(4-5-11(12,13)14)8-6-15-16-7-8/h6-7,9H,4-5H2,1-3H3. The van der Waals surface area contributed by atoms with Gasteiger partial charge in [0.25, 0.3) is 0 Å². The predicted octanol–water partition coefficient (Wildman–Crippen LogP) is 4.15. The summed E-state index contributed by atoms with van der Waals surface area (Å²) in [5, 5.41) is 3.54. The zero-order valence-electron chi connectivity index (χ0n) is 9.64. The van der Waals surface area contributed by atoms with Crippen molar-refractivity contribution in [2.24, 2.45) is 5.41 Å².